The van der Waals surface area contributed by atoms with Crippen molar-refractivity contribution in [2.45, 2.75) is 38.5 Å². The second-order valence-corrected chi connectivity index (χ2v) is 6.31. The molecule has 3 heteroatoms. The first-order chi connectivity index (χ1) is 9.69. The van der Waals surface area contributed by atoms with Crippen molar-refractivity contribution in [3.8, 4) is 5.75 Å². The Morgan fingerprint density at radius 1 is 1.35 bits per heavy atom. The molecule has 2 aliphatic rings. The smallest absolute Gasteiger partial charge is 0.139 e. The van der Waals surface area contributed by atoms with Gasteiger partial charge >= 0.3 is 0 Å². The van der Waals surface area contributed by atoms with Crippen LogP contribution in [0.4, 0.5) is 0 Å². The molecule has 1 N–H and O–H groups in total. The highest BCUT2D eigenvalue weighted by atomic mass is 16.5. The first-order valence-corrected chi connectivity index (χ1v) is 7.65. The van der Waals surface area contributed by atoms with Crippen molar-refractivity contribution < 1.29 is 9.53 Å². The maximum absolute atomic E-state index is 12.7. The molecule has 1 saturated heterocycles. The quantitative estimate of drug-likeness (QED) is 0.920. The molecular formula is C17H23NO2. The molecule has 1 aromatic carbocycles. The number of hydrogen-bond donors (Lipinski definition) is 1. The summed E-state index contributed by atoms with van der Waals surface area (Å²) in [4.78, 5) is 12.7. The maximum atomic E-state index is 12.7. The number of rotatable bonds is 3. The summed E-state index contributed by atoms with van der Waals surface area (Å²) in [5.41, 5.74) is 1.09. The Morgan fingerprint density at radius 3 is 2.90 bits per heavy atom. The number of ketones is 1. The van der Waals surface area contributed by atoms with E-state index in [9.17, 15) is 4.79 Å². The molecule has 2 aliphatic heterocycles. The Morgan fingerprint density at radius 2 is 2.10 bits per heavy atom. The maximum Gasteiger partial charge on any atom is 0.139 e. The zero-order valence-electron chi connectivity index (χ0n) is 12.2. The molecule has 0 spiro atoms. The fraction of sp³-hybridized carbons (Fsp3) is 0.588. The van der Waals surface area contributed by atoms with E-state index in [0.29, 0.717) is 18.1 Å². The van der Waals surface area contributed by atoms with Crippen LogP contribution in [0.1, 0.15) is 44.1 Å². The van der Waals surface area contributed by atoms with Gasteiger partial charge in [-0.3, -0.25) is 4.79 Å². The number of ether oxygens (including phenoxy) is 1. The Labute approximate surface area is 120 Å². The summed E-state index contributed by atoms with van der Waals surface area (Å²) in [5.74, 6) is 1.73. The topological polar surface area (TPSA) is 38.3 Å². The number of benzene rings is 1. The fourth-order valence-electron chi connectivity index (χ4n) is 3.36. The van der Waals surface area contributed by atoms with Gasteiger partial charge in [-0.2, -0.15) is 0 Å². The highest BCUT2D eigenvalue weighted by Gasteiger charge is 2.36. The number of Topliss-reactive ketones (excluding diaryl/α,β-unsaturated/α-hetero) is 1. The molecule has 3 rings (SSSR count). The number of hydrogen-bond acceptors (Lipinski definition) is 3. The summed E-state index contributed by atoms with van der Waals surface area (Å²) in [6, 6.07) is 8.16. The van der Waals surface area contributed by atoms with Crippen LogP contribution >= 0.6 is 0 Å². The van der Waals surface area contributed by atoms with E-state index in [-0.39, 0.29) is 5.41 Å². The van der Waals surface area contributed by atoms with E-state index in [1.54, 1.807) is 0 Å². The molecule has 2 heterocycles. The van der Waals surface area contributed by atoms with Crippen LogP contribution < -0.4 is 10.1 Å². The first kappa shape index (κ1) is 13.6. The van der Waals surface area contributed by atoms with Gasteiger partial charge < -0.3 is 10.1 Å². The lowest BCUT2D eigenvalue weighted by Gasteiger charge is -2.34. The van der Waals surface area contributed by atoms with Gasteiger partial charge in [-0.1, -0.05) is 25.1 Å². The van der Waals surface area contributed by atoms with Gasteiger partial charge in [0.25, 0.3) is 0 Å². The Bertz CT molecular complexity index is 492. The van der Waals surface area contributed by atoms with Gasteiger partial charge in [0.1, 0.15) is 11.5 Å². The minimum absolute atomic E-state index is 0.126. The number of fused-ring (bicyclic) bond motifs is 1. The lowest BCUT2D eigenvalue weighted by Crippen LogP contribution is -2.40. The average Bonchev–Trinajstić information content (AvgIpc) is 2.48. The summed E-state index contributed by atoms with van der Waals surface area (Å²) in [6.07, 6.45) is 3.56. The van der Waals surface area contributed by atoms with E-state index in [0.717, 1.165) is 44.7 Å². The molecule has 1 unspecified atom stereocenters. The zero-order valence-corrected chi connectivity index (χ0v) is 12.2. The lowest BCUT2D eigenvalue weighted by molar-refractivity contribution is -0.129. The van der Waals surface area contributed by atoms with Gasteiger partial charge in [-0.25, -0.2) is 0 Å². The molecule has 0 bridgehead atoms. The molecule has 0 aromatic heterocycles. The van der Waals surface area contributed by atoms with Crippen LogP contribution in [-0.2, 0) is 4.79 Å². The Balaban J connectivity index is 1.74. The summed E-state index contributed by atoms with van der Waals surface area (Å²) in [5, 5.41) is 3.34. The Kier molecular flexibility index (Phi) is 3.79. The minimum Gasteiger partial charge on any atom is -0.493 e. The molecular weight excluding hydrogens is 250 g/mol. The molecule has 1 aromatic rings. The van der Waals surface area contributed by atoms with Crippen LogP contribution in [0.2, 0.25) is 0 Å². The van der Waals surface area contributed by atoms with Crippen molar-refractivity contribution in [2.24, 2.45) is 5.41 Å². The van der Waals surface area contributed by atoms with Gasteiger partial charge in [-0.15, -0.1) is 0 Å². The molecule has 1 fully saturated rings. The van der Waals surface area contributed by atoms with Gasteiger partial charge in [0.05, 0.1) is 6.61 Å². The predicted molar refractivity (Wildman–Crippen MR) is 79.1 cm³/mol. The summed E-state index contributed by atoms with van der Waals surface area (Å²) >= 11 is 0. The van der Waals surface area contributed by atoms with Crippen molar-refractivity contribution >= 4 is 5.78 Å². The van der Waals surface area contributed by atoms with Gasteiger partial charge in [-0.05, 0) is 49.9 Å². The van der Waals surface area contributed by atoms with E-state index in [1.165, 1.54) is 5.56 Å². The standard InChI is InChI=1S/C17H23NO2/c1-17(7-9-18-10-8-17)16(19)12-13-6-11-20-15-5-3-2-4-14(13)15/h2-5,13,18H,6-12H2,1H3. The second kappa shape index (κ2) is 5.57. The molecule has 1 atom stereocenters. The number of para-hydroxylation sites is 1. The summed E-state index contributed by atoms with van der Waals surface area (Å²) < 4.78 is 5.68. The van der Waals surface area contributed by atoms with Gasteiger partial charge in [0.2, 0.25) is 0 Å². The third-order valence-electron chi connectivity index (χ3n) is 4.89. The van der Waals surface area contributed by atoms with E-state index in [4.69, 9.17) is 4.74 Å². The first-order valence-electron chi connectivity index (χ1n) is 7.65. The normalized spacial score (nSPS) is 24.6. The summed E-state index contributed by atoms with van der Waals surface area (Å²) in [6.45, 7) is 4.80. The van der Waals surface area contributed by atoms with Crippen LogP contribution in [0.5, 0.6) is 5.75 Å². The molecule has 108 valence electrons. The monoisotopic (exact) mass is 273 g/mol. The van der Waals surface area contributed by atoms with Crippen molar-refractivity contribution in [3.05, 3.63) is 29.8 Å². The third kappa shape index (κ3) is 2.59. The molecule has 20 heavy (non-hydrogen) atoms. The van der Waals surface area contributed by atoms with Gasteiger partial charge in [0, 0.05) is 11.8 Å². The molecule has 3 nitrogen and oxygen atoms in total. The van der Waals surface area contributed by atoms with Crippen LogP contribution in [0.25, 0.3) is 0 Å². The van der Waals surface area contributed by atoms with Crippen molar-refractivity contribution in [1.29, 1.82) is 0 Å². The van der Waals surface area contributed by atoms with E-state index in [2.05, 4.69) is 18.3 Å². The summed E-state index contributed by atoms with van der Waals surface area (Å²) in [7, 11) is 0. The highest BCUT2D eigenvalue weighted by Crippen LogP contribution is 2.39. The molecule has 0 saturated carbocycles. The van der Waals surface area contributed by atoms with E-state index in [1.807, 2.05) is 18.2 Å². The Hall–Kier alpha value is -1.35. The lowest BCUT2D eigenvalue weighted by atomic mass is 9.73. The number of piperidine rings is 1. The van der Waals surface area contributed by atoms with Crippen LogP contribution in [0.3, 0.4) is 0 Å². The number of carbonyl (C=O) groups is 1. The fourth-order valence-corrected chi connectivity index (χ4v) is 3.36. The molecule has 0 radical (unpaired) electrons. The largest absolute Gasteiger partial charge is 0.493 e. The highest BCUT2D eigenvalue weighted by molar-refractivity contribution is 5.85. The predicted octanol–water partition coefficient (Wildman–Crippen LogP) is 2.90. The molecule has 0 aliphatic carbocycles. The van der Waals surface area contributed by atoms with Gasteiger partial charge in [0.15, 0.2) is 0 Å². The SMILES string of the molecule is CC1(C(=O)CC2CCOc3ccccc32)CCNCC1. The van der Waals surface area contributed by atoms with E-state index < -0.39 is 0 Å². The number of carbonyl (C=O) groups excluding carboxylic acids is 1. The average molecular weight is 273 g/mol. The number of nitrogens with one attached hydrogen (secondary N) is 1. The van der Waals surface area contributed by atoms with Crippen molar-refractivity contribution in [3.63, 3.8) is 0 Å². The van der Waals surface area contributed by atoms with E-state index >= 15 is 0 Å². The zero-order chi connectivity index (χ0) is 14.0. The van der Waals surface area contributed by atoms with Crippen LogP contribution in [0, 0.1) is 5.41 Å². The van der Waals surface area contributed by atoms with Crippen molar-refractivity contribution in [2.75, 3.05) is 19.7 Å². The van der Waals surface area contributed by atoms with Crippen LogP contribution in [-0.4, -0.2) is 25.5 Å². The third-order valence-corrected chi connectivity index (χ3v) is 4.89. The minimum atomic E-state index is -0.126. The second-order valence-electron chi connectivity index (χ2n) is 6.31. The van der Waals surface area contributed by atoms with Crippen LogP contribution in [0.15, 0.2) is 24.3 Å². The van der Waals surface area contributed by atoms with Crippen molar-refractivity contribution in [1.82, 2.24) is 5.32 Å². The molecule has 0 amide bonds.